The highest BCUT2D eigenvalue weighted by atomic mass is 79.9. The van der Waals surface area contributed by atoms with Gasteiger partial charge in [-0.1, -0.05) is 15.9 Å². The molecule has 78 valence electrons. The molecule has 4 nitrogen and oxygen atoms in total. The third-order valence-corrected chi connectivity index (χ3v) is 2.50. The molecular weight excluding hydrogens is 262 g/mol. The van der Waals surface area contributed by atoms with Crippen LogP contribution in [0.5, 0.6) is 0 Å². The van der Waals surface area contributed by atoms with Gasteiger partial charge in [-0.3, -0.25) is 9.36 Å². The Bertz CT molecular complexity index is 582. The van der Waals surface area contributed by atoms with E-state index >= 15 is 0 Å². The number of halogens is 1. The summed E-state index contributed by atoms with van der Waals surface area (Å²) in [5.41, 5.74) is 1.12. The minimum atomic E-state index is -0.502. The lowest BCUT2D eigenvalue weighted by atomic mass is 10.3. The van der Waals surface area contributed by atoms with Crippen LogP contribution in [0.4, 0.5) is 0 Å². The van der Waals surface area contributed by atoms with E-state index in [1.54, 1.807) is 18.2 Å². The van der Waals surface area contributed by atoms with E-state index in [-0.39, 0.29) is 12.3 Å². The van der Waals surface area contributed by atoms with Gasteiger partial charge >= 0.3 is 5.76 Å². The standard InChI is InChI=1S/C10H8BrNO3/c1-6(13)5-12-8-3-2-7(11)4-9(8)15-10(12)14/h2-4H,5H2,1H3. The maximum atomic E-state index is 11.4. The Morgan fingerprint density at radius 1 is 1.53 bits per heavy atom. The second-order valence-electron chi connectivity index (χ2n) is 3.27. The summed E-state index contributed by atoms with van der Waals surface area (Å²) in [6.07, 6.45) is 0. The molecule has 0 bridgehead atoms. The molecule has 0 N–H and O–H groups in total. The third kappa shape index (κ3) is 1.87. The number of carbonyl (C=O) groups excluding carboxylic acids is 1. The van der Waals surface area contributed by atoms with Gasteiger partial charge < -0.3 is 4.42 Å². The van der Waals surface area contributed by atoms with E-state index in [9.17, 15) is 9.59 Å². The molecule has 0 fully saturated rings. The summed E-state index contributed by atoms with van der Waals surface area (Å²) in [5.74, 6) is -0.582. The molecule has 0 aliphatic carbocycles. The third-order valence-electron chi connectivity index (χ3n) is 2.01. The van der Waals surface area contributed by atoms with Crippen LogP contribution in [0, 0.1) is 0 Å². The lowest BCUT2D eigenvalue weighted by Crippen LogP contribution is -2.18. The van der Waals surface area contributed by atoms with Gasteiger partial charge in [-0.05, 0) is 25.1 Å². The Labute approximate surface area is 93.6 Å². The van der Waals surface area contributed by atoms with Crippen molar-refractivity contribution in [3.05, 3.63) is 33.2 Å². The molecule has 15 heavy (non-hydrogen) atoms. The van der Waals surface area contributed by atoms with Crippen LogP contribution < -0.4 is 5.76 Å². The topological polar surface area (TPSA) is 52.2 Å². The van der Waals surface area contributed by atoms with Crippen molar-refractivity contribution in [2.45, 2.75) is 13.5 Å². The van der Waals surface area contributed by atoms with Crippen molar-refractivity contribution < 1.29 is 9.21 Å². The SMILES string of the molecule is CC(=O)Cn1c(=O)oc2cc(Br)ccc21. The maximum absolute atomic E-state index is 11.4. The highest BCUT2D eigenvalue weighted by Gasteiger charge is 2.10. The van der Waals surface area contributed by atoms with E-state index in [2.05, 4.69) is 15.9 Å². The first-order chi connectivity index (χ1) is 7.08. The van der Waals surface area contributed by atoms with Crippen molar-refractivity contribution in [3.8, 4) is 0 Å². The Hall–Kier alpha value is -1.36. The fraction of sp³-hybridized carbons (Fsp3) is 0.200. The minimum absolute atomic E-state index is 0.0491. The molecule has 1 aromatic heterocycles. The zero-order valence-corrected chi connectivity index (χ0v) is 9.58. The molecule has 0 saturated heterocycles. The van der Waals surface area contributed by atoms with Gasteiger partial charge in [0, 0.05) is 4.47 Å². The molecule has 0 radical (unpaired) electrons. The van der Waals surface area contributed by atoms with E-state index in [0.717, 1.165) is 4.47 Å². The van der Waals surface area contributed by atoms with Crippen LogP contribution in [0.15, 0.2) is 31.9 Å². The van der Waals surface area contributed by atoms with Crippen LogP contribution in [0.2, 0.25) is 0 Å². The average Bonchev–Trinajstić information content (AvgIpc) is 2.41. The first-order valence-electron chi connectivity index (χ1n) is 4.36. The van der Waals surface area contributed by atoms with Crippen molar-refractivity contribution >= 4 is 32.8 Å². The van der Waals surface area contributed by atoms with Crippen LogP contribution in [-0.4, -0.2) is 10.4 Å². The number of Topliss-reactive ketones (excluding diaryl/α,β-unsaturated/α-hetero) is 1. The van der Waals surface area contributed by atoms with Crippen molar-refractivity contribution in [1.82, 2.24) is 4.57 Å². The van der Waals surface area contributed by atoms with Crippen LogP contribution in [0.3, 0.4) is 0 Å². The summed E-state index contributed by atoms with van der Waals surface area (Å²) in [6, 6.07) is 5.24. The fourth-order valence-electron chi connectivity index (χ4n) is 1.41. The molecule has 0 aliphatic rings. The predicted molar refractivity (Wildman–Crippen MR) is 58.9 cm³/mol. The van der Waals surface area contributed by atoms with Crippen LogP contribution in [0.1, 0.15) is 6.92 Å². The molecule has 0 atom stereocenters. The number of rotatable bonds is 2. The Morgan fingerprint density at radius 3 is 2.93 bits per heavy atom. The number of fused-ring (bicyclic) bond motifs is 1. The first kappa shape index (κ1) is 10.2. The number of benzene rings is 1. The fourth-order valence-corrected chi connectivity index (χ4v) is 1.75. The number of hydrogen-bond donors (Lipinski definition) is 0. The number of ketones is 1. The number of carbonyl (C=O) groups is 1. The largest absolute Gasteiger partial charge is 0.420 e. The number of nitrogens with zero attached hydrogens (tertiary/aromatic N) is 1. The molecule has 0 spiro atoms. The smallest absolute Gasteiger partial charge is 0.408 e. The van der Waals surface area contributed by atoms with E-state index in [1.165, 1.54) is 11.5 Å². The highest BCUT2D eigenvalue weighted by molar-refractivity contribution is 9.10. The summed E-state index contributed by atoms with van der Waals surface area (Å²) in [6.45, 7) is 1.48. The number of aromatic nitrogens is 1. The van der Waals surface area contributed by atoms with Crippen molar-refractivity contribution in [1.29, 1.82) is 0 Å². The Kier molecular flexibility index (Phi) is 2.48. The van der Waals surface area contributed by atoms with Gasteiger partial charge in [0.1, 0.15) is 5.78 Å². The second kappa shape index (κ2) is 3.66. The molecule has 5 heteroatoms. The second-order valence-corrected chi connectivity index (χ2v) is 4.18. The highest BCUT2D eigenvalue weighted by Crippen LogP contribution is 2.18. The Morgan fingerprint density at radius 2 is 2.27 bits per heavy atom. The summed E-state index contributed by atoms with van der Waals surface area (Å²) in [7, 11) is 0. The maximum Gasteiger partial charge on any atom is 0.420 e. The predicted octanol–water partition coefficient (Wildman–Crippen LogP) is 1.95. The van der Waals surface area contributed by atoms with Crippen LogP contribution >= 0.6 is 15.9 Å². The molecule has 2 rings (SSSR count). The van der Waals surface area contributed by atoms with Gasteiger partial charge in [-0.15, -0.1) is 0 Å². The van der Waals surface area contributed by atoms with E-state index in [4.69, 9.17) is 4.42 Å². The molecule has 1 aromatic carbocycles. The van der Waals surface area contributed by atoms with Gasteiger partial charge in [0.2, 0.25) is 0 Å². The number of hydrogen-bond acceptors (Lipinski definition) is 3. The molecule has 0 saturated carbocycles. The summed E-state index contributed by atoms with van der Waals surface area (Å²) in [5, 5.41) is 0. The first-order valence-corrected chi connectivity index (χ1v) is 5.15. The van der Waals surface area contributed by atoms with E-state index < -0.39 is 5.76 Å². The number of oxazole rings is 1. The summed E-state index contributed by atoms with van der Waals surface area (Å²) >= 11 is 3.28. The van der Waals surface area contributed by atoms with Crippen LogP contribution in [-0.2, 0) is 11.3 Å². The molecule has 1 heterocycles. The van der Waals surface area contributed by atoms with Gasteiger partial charge in [0.05, 0.1) is 12.1 Å². The monoisotopic (exact) mass is 269 g/mol. The molecular formula is C10H8BrNO3. The minimum Gasteiger partial charge on any atom is -0.408 e. The zero-order chi connectivity index (χ0) is 11.0. The van der Waals surface area contributed by atoms with E-state index in [0.29, 0.717) is 11.1 Å². The normalized spacial score (nSPS) is 10.8. The summed E-state index contributed by atoms with van der Waals surface area (Å²) < 4.78 is 7.16. The zero-order valence-electron chi connectivity index (χ0n) is 7.99. The van der Waals surface area contributed by atoms with Crippen molar-refractivity contribution in [2.24, 2.45) is 0 Å². The molecule has 0 aliphatic heterocycles. The Balaban J connectivity index is 2.68. The van der Waals surface area contributed by atoms with Gasteiger partial charge in [0.15, 0.2) is 5.58 Å². The van der Waals surface area contributed by atoms with E-state index in [1.807, 2.05) is 0 Å². The van der Waals surface area contributed by atoms with Gasteiger partial charge in [-0.2, -0.15) is 0 Å². The average molecular weight is 270 g/mol. The van der Waals surface area contributed by atoms with Crippen molar-refractivity contribution in [3.63, 3.8) is 0 Å². The molecule has 2 aromatic rings. The molecule has 0 amide bonds. The van der Waals surface area contributed by atoms with Crippen LogP contribution in [0.25, 0.3) is 11.1 Å². The van der Waals surface area contributed by atoms with Gasteiger partial charge in [0.25, 0.3) is 0 Å². The lowest BCUT2D eigenvalue weighted by molar-refractivity contribution is -0.117. The lowest BCUT2D eigenvalue weighted by Gasteiger charge is -1.97. The van der Waals surface area contributed by atoms with Crippen molar-refractivity contribution in [2.75, 3.05) is 0 Å². The van der Waals surface area contributed by atoms with Gasteiger partial charge in [-0.25, -0.2) is 4.79 Å². The molecule has 0 unspecified atom stereocenters. The quantitative estimate of drug-likeness (QED) is 0.838. The summed E-state index contributed by atoms with van der Waals surface area (Å²) in [4.78, 5) is 22.4.